The first-order valence-electron chi connectivity index (χ1n) is 10.3. The molecular formula is C25H16Cl2F3NO3. The van der Waals surface area contributed by atoms with Gasteiger partial charge in [0.1, 0.15) is 18.1 Å². The van der Waals surface area contributed by atoms with Crippen molar-refractivity contribution < 1.29 is 22.3 Å². The molecule has 34 heavy (non-hydrogen) atoms. The lowest BCUT2D eigenvalue weighted by Gasteiger charge is -2.29. The summed E-state index contributed by atoms with van der Waals surface area (Å²) in [4.78, 5) is 15.2. The summed E-state index contributed by atoms with van der Waals surface area (Å²) >= 11 is 12.1. The Morgan fingerprint density at radius 3 is 2.41 bits per heavy atom. The second kappa shape index (κ2) is 8.65. The number of ether oxygens (including phenoxy) is 1. The maximum Gasteiger partial charge on any atom is 0.450 e. The third-order valence-electron chi connectivity index (χ3n) is 5.65. The molecule has 0 atom stereocenters. The smallest absolute Gasteiger partial charge is 0.450 e. The van der Waals surface area contributed by atoms with Crippen molar-refractivity contribution in [2.45, 2.75) is 19.3 Å². The number of fused-ring (bicyclic) bond motifs is 3. The fourth-order valence-electron chi connectivity index (χ4n) is 4.06. The maximum absolute atomic E-state index is 14.0. The molecule has 0 fully saturated rings. The van der Waals surface area contributed by atoms with E-state index in [4.69, 9.17) is 32.4 Å². The van der Waals surface area contributed by atoms with E-state index in [0.717, 1.165) is 5.56 Å². The van der Waals surface area contributed by atoms with Crippen LogP contribution in [0.3, 0.4) is 0 Å². The van der Waals surface area contributed by atoms with E-state index in [9.17, 15) is 18.0 Å². The van der Waals surface area contributed by atoms with E-state index >= 15 is 0 Å². The van der Waals surface area contributed by atoms with Crippen LogP contribution >= 0.6 is 23.2 Å². The molecule has 4 aromatic rings. The van der Waals surface area contributed by atoms with Crippen LogP contribution in [0.25, 0.3) is 22.1 Å². The van der Waals surface area contributed by atoms with Crippen LogP contribution in [0, 0.1) is 0 Å². The molecule has 0 saturated heterocycles. The van der Waals surface area contributed by atoms with Gasteiger partial charge in [0.2, 0.25) is 11.2 Å². The van der Waals surface area contributed by atoms with E-state index < -0.39 is 22.9 Å². The van der Waals surface area contributed by atoms with Crippen molar-refractivity contribution in [2.24, 2.45) is 0 Å². The molecule has 2 heterocycles. The molecule has 174 valence electrons. The topological polar surface area (TPSA) is 42.7 Å². The number of hydrogen-bond acceptors (Lipinski definition) is 4. The van der Waals surface area contributed by atoms with Crippen molar-refractivity contribution in [1.29, 1.82) is 0 Å². The van der Waals surface area contributed by atoms with Gasteiger partial charge in [0.15, 0.2) is 0 Å². The largest absolute Gasteiger partial charge is 0.478 e. The Morgan fingerprint density at radius 2 is 1.71 bits per heavy atom. The SMILES string of the molecule is O=c1c(-c2ccc(Cl)cc2)c(C(F)(F)F)oc2c3c(ccc12)OCN(Cc1ccccc1Cl)C3. The minimum atomic E-state index is -4.89. The minimum absolute atomic E-state index is 0.0416. The van der Waals surface area contributed by atoms with Gasteiger partial charge in [-0.1, -0.05) is 53.5 Å². The van der Waals surface area contributed by atoms with Gasteiger partial charge >= 0.3 is 6.18 Å². The highest BCUT2D eigenvalue weighted by molar-refractivity contribution is 6.31. The second-order valence-electron chi connectivity index (χ2n) is 7.91. The van der Waals surface area contributed by atoms with Gasteiger partial charge in [-0.2, -0.15) is 13.2 Å². The monoisotopic (exact) mass is 505 g/mol. The van der Waals surface area contributed by atoms with Crippen LogP contribution in [0.5, 0.6) is 5.75 Å². The Labute approximate surface area is 202 Å². The lowest BCUT2D eigenvalue weighted by molar-refractivity contribution is -0.152. The highest BCUT2D eigenvalue weighted by Crippen LogP contribution is 2.40. The summed E-state index contributed by atoms with van der Waals surface area (Å²) in [7, 11) is 0. The quantitative estimate of drug-likeness (QED) is 0.296. The van der Waals surface area contributed by atoms with Gasteiger partial charge in [-0.15, -0.1) is 0 Å². The van der Waals surface area contributed by atoms with Crippen LogP contribution < -0.4 is 10.2 Å². The molecule has 0 spiro atoms. The number of alkyl halides is 3. The van der Waals surface area contributed by atoms with E-state index in [1.807, 2.05) is 23.1 Å². The minimum Gasteiger partial charge on any atom is -0.478 e. The summed E-state index contributed by atoms with van der Waals surface area (Å²) in [6, 6.07) is 15.9. The number of rotatable bonds is 3. The number of hydrogen-bond donors (Lipinski definition) is 0. The maximum atomic E-state index is 14.0. The molecule has 0 bridgehead atoms. The van der Waals surface area contributed by atoms with Crippen molar-refractivity contribution in [2.75, 3.05) is 6.73 Å². The molecule has 1 aliphatic heterocycles. The highest BCUT2D eigenvalue weighted by Gasteiger charge is 2.40. The highest BCUT2D eigenvalue weighted by atomic mass is 35.5. The Balaban J connectivity index is 1.65. The number of benzene rings is 3. The average molecular weight is 506 g/mol. The van der Waals surface area contributed by atoms with Gasteiger partial charge in [-0.3, -0.25) is 9.69 Å². The molecule has 1 aliphatic rings. The number of halogens is 5. The zero-order valence-electron chi connectivity index (χ0n) is 17.5. The molecule has 0 amide bonds. The van der Waals surface area contributed by atoms with Gasteiger partial charge in [0.05, 0.1) is 16.5 Å². The standard InChI is InChI=1S/C25H16Cl2F3NO3/c26-16-7-5-14(6-8-16)21-22(32)17-9-10-20-18(23(17)34-24(21)25(28,29)30)12-31(13-33-20)11-15-3-1-2-4-19(15)27/h1-10H,11-13H2. The molecule has 1 aromatic heterocycles. The lowest BCUT2D eigenvalue weighted by atomic mass is 10.00. The Morgan fingerprint density at radius 1 is 0.971 bits per heavy atom. The van der Waals surface area contributed by atoms with Crippen LogP contribution in [0.2, 0.25) is 10.0 Å². The van der Waals surface area contributed by atoms with Gasteiger partial charge in [-0.05, 0) is 41.5 Å². The summed E-state index contributed by atoms with van der Waals surface area (Å²) in [5.41, 5.74) is -0.179. The van der Waals surface area contributed by atoms with E-state index in [1.54, 1.807) is 12.1 Å². The van der Waals surface area contributed by atoms with E-state index in [0.29, 0.717) is 27.9 Å². The normalized spacial score (nSPS) is 14.1. The average Bonchev–Trinajstić information content (AvgIpc) is 2.80. The van der Waals surface area contributed by atoms with Crippen molar-refractivity contribution in [3.63, 3.8) is 0 Å². The Hall–Kier alpha value is -3.00. The van der Waals surface area contributed by atoms with E-state index in [1.165, 1.54) is 30.3 Å². The van der Waals surface area contributed by atoms with Crippen LogP contribution in [-0.2, 0) is 19.3 Å². The fourth-order valence-corrected chi connectivity index (χ4v) is 4.38. The third-order valence-corrected chi connectivity index (χ3v) is 6.27. The van der Waals surface area contributed by atoms with Crippen molar-refractivity contribution in [3.05, 3.63) is 97.8 Å². The van der Waals surface area contributed by atoms with Crippen LogP contribution in [0.4, 0.5) is 13.2 Å². The van der Waals surface area contributed by atoms with Gasteiger partial charge in [0, 0.05) is 23.1 Å². The van der Waals surface area contributed by atoms with Gasteiger partial charge < -0.3 is 9.15 Å². The molecular weight excluding hydrogens is 490 g/mol. The first-order chi connectivity index (χ1) is 16.2. The Kier molecular flexibility index (Phi) is 5.80. The molecule has 0 aliphatic carbocycles. The number of nitrogens with zero attached hydrogens (tertiary/aromatic N) is 1. The summed E-state index contributed by atoms with van der Waals surface area (Å²) < 4.78 is 53.4. The molecule has 0 N–H and O–H groups in total. The lowest BCUT2D eigenvalue weighted by Crippen LogP contribution is -2.32. The molecule has 0 saturated carbocycles. The van der Waals surface area contributed by atoms with E-state index in [-0.39, 0.29) is 29.8 Å². The Bertz CT molecular complexity index is 1450. The van der Waals surface area contributed by atoms with Crippen LogP contribution in [0.1, 0.15) is 16.9 Å². The summed E-state index contributed by atoms with van der Waals surface area (Å²) in [6.45, 7) is 0.843. The van der Waals surface area contributed by atoms with Gasteiger partial charge in [0.25, 0.3) is 0 Å². The fraction of sp³-hybridized carbons (Fsp3) is 0.160. The van der Waals surface area contributed by atoms with Crippen molar-refractivity contribution in [3.8, 4) is 16.9 Å². The molecule has 3 aromatic carbocycles. The summed E-state index contributed by atoms with van der Waals surface area (Å²) in [5.74, 6) is -0.984. The van der Waals surface area contributed by atoms with E-state index in [2.05, 4.69) is 0 Å². The predicted octanol–water partition coefficient (Wildman–Crippen LogP) is 7.14. The zero-order valence-corrected chi connectivity index (χ0v) is 19.0. The molecule has 4 nitrogen and oxygen atoms in total. The molecule has 5 rings (SSSR count). The molecule has 9 heteroatoms. The second-order valence-corrected chi connectivity index (χ2v) is 8.75. The first-order valence-corrected chi connectivity index (χ1v) is 11.0. The molecule has 0 unspecified atom stereocenters. The third kappa shape index (κ3) is 4.15. The van der Waals surface area contributed by atoms with Gasteiger partial charge in [-0.25, -0.2) is 0 Å². The van der Waals surface area contributed by atoms with Crippen molar-refractivity contribution >= 4 is 34.2 Å². The predicted molar refractivity (Wildman–Crippen MR) is 124 cm³/mol. The zero-order chi connectivity index (χ0) is 24.0. The summed E-state index contributed by atoms with van der Waals surface area (Å²) in [6.07, 6.45) is -4.89. The first kappa shape index (κ1) is 22.8. The van der Waals surface area contributed by atoms with Crippen molar-refractivity contribution in [1.82, 2.24) is 4.90 Å². The summed E-state index contributed by atoms with van der Waals surface area (Å²) in [5, 5.41) is 0.955. The molecule has 0 radical (unpaired) electrons. The van der Waals surface area contributed by atoms with Crippen LogP contribution in [0.15, 0.2) is 69.9 Å². The van der Waals surface area contributed by atoms with Crippen LogP contribution in [-0.4, -0.2) is 11.6 Å².